The summed E-state index contributed by atoms with van der Waals surface area (Å²) in [6, 6.07) is 0.174. The van der Waals surface area contributed by atoms with Crippen molar-refractivity contribution in [2.75, 3.05) is 13.2 Å². The van der Waals surface area contributed by atoms with Gasteiger partial charge in [0, 0.05) is 12.6 Å². The highest BCUT2D eigenvalue weighted by Gasteiger charge is 2.20. The van der Waals surface area contributed by atoms with Crippen molar-refractivity contribution >= 4 is 5.91 Å². The standard InChI is InChI=1S/C8H15NO3/c1-6-4-7(2-3-12-6)9-8(11)5-10/h6-7,10H,2-5H2,1H3,(H,9,11). The molecule has 0 aliphatic carbocycles. The summed E-state index contributed by atoms with van der Waals surface area (Å²) in [7, 11) is 0. The molecule has 2 unspecified atom stereocenters. The molecule has 1 fully saturated rings. The average molecular weight is 173 g/mol. The number of carbonyl (C=O) groups excluding carboxylic acids is 1. The lowest BCUT2D eigenvalue weighted by molar-refractivity contribution is -0.125. The second-order valence-corrected chi connectivity index (χ2v) is 3.13. The summed E-state index contributed by atoms with van der Waals surface area (Å²) in [6.45, 7) is 2.25. The zero-order chi connectivity index (χ0) is 8.97. The normalized spacial score (nSPS) is 29.8. The van der Waals surface area contributed by atoms with Crippen molar-refractivity contribution in [3.8, 4) is 0 Å². The molecule has 0 aromatic carbocycles. The largest absolute Gasteiger partial charge is 0.387 e. The van der Waals surface area contributed by atoms with Crippen molar-refractivity contribution in [1.29, 1.82) is 0 Å². The van der Waals surface area contributed by atoms with Crippen LogP contribution in [0, 0.1) is 0 Å². The second kappa shape index (κ2) is 4.42. The van der Waals surface area contributed by atoms with Crippen LogP contribution in [0.2, 0.25) is 0 Å². The van der Waals surface area contributed by atoms with Crippen molar-refractivity contribution < 1.29 is 14.6 Å². The Morgan fingerprint density at radius 2 is 2.50 bits per heavy atom. The van der Waals surface area contributed by atoms with Crippen LogP contribution < -0.4 is 5.32 Å². The van der Waals surface area contributed by atoms with E-state index in [0.717, 1.165) is 12.8 Å². The fraction of sp³-hybridized carbons (Fsp3) is 0.875. The van der Waals surface area contributed by atoms with Gasteiger partial charge in [-0.2, -0.15) is 0 Å². The van der Waals surface area contributed by atoms with E-state index in [0.29, 0.717) is 6.61 Å². The smallest absolute Gasteiger partial charge is 0.245 e. The number of amides is 1. The molecule has 2 N–H and O–H groups in total. The number of carbonyl (C=O) groups is 1. The zero-order valence-electron chi connectivity index (χ0n) is 7.25. The minimum absolute atomic E-state index is 0.174. The molecule has 4 heteroatoms. The van der Waals surface area contributed by atoms with Crippen LogP contribution >= 0.6 is 0 Å². The van der Waals surface area contributed by atoms with E-state index in [4.69, 9.17) is 9.84 Å². The Morgan fingerprint density at radius 1 is 1.75 bits per heavy atom. The first-order valence-electron chi connectivity index (χ1n) is 4.24. The van der Waals surface area contributed by atoms with Crippen LogP contribution in [0.25, 0.3) is 0 Å². The van der Waals surface area contributed by atoms with E-state index in [9.17, 15) is 4.79 Å². The van der Waals surface area contributed by atoms with Gasteiger partial charge in [-0.3, -0.25) is 4.79 Å². The highest BCUT2D eigenvalue weighted by Crippen LogP contribution is 2.12. The van der Waals surface area contributed by atoms with Crippen LogP contribution in [-0.4, -0.2) is 36.4 Å². The second-order valence-electron chi connectivity index (χ2n) is 3.13. The van der Waals surface area contributed by atoms with Crippen molar-refractivity contribution in [3.05, 3.63) is 0 Å². The summed E-state index contributed by atoms with van der Waals surface area (Å²) in [6.07, 6.45) is 1.89. The molecule has 0 spiro atoms. The molecule has 70 valence electrons. The van der Waals surface area contributed by atoms with E-state index >= 15 is 0 Å². The molecule has 1 amide bonds. The molecule has 1 aliphatic heterocycles. The molecule has 0 radical (unpaired) electrons. The van der Waals surface area contributed by atoms with Gasteiger partial charge in [0.05, 0.1) is 6.10 Å². The zero-order valence-corrected chi connectivity index (χ0v) is 7.25. The number of hydrogen-bond donors (Lipinski definition) is 2. The number of hydrogen-bond acceptors (Lipinski definition) is 3. The lowest BCUT2D eigenvalue weighted by Gasteiger charge is -2.27. The molecule has 4 nitrogen and oxygen atoms in total. The molecule has 1 rings (SSSR count). The monoisotopic (exact) mass is 173 g/mol. The molecule has 0 saturated carbocycles. The van der Waals surface area contributed by atoms with E-state index in [1.54, 1.807) is 0 Å². The Morgan fingerprint density at radius 3 is 3.08 bits per heavy atom. The third-order valence-electron chi connectivity index (χ3n) is 1.99. The molecule has 2 atom stereocenters. The van der Waals surface area contributed by atoms with E-state index in [-0.39, 0.29) is 18.1 Å². The van der Waals surface area contributed by atoms with Gasteiger partial charge in [0.2, 0.25) is 5.91 Å². The van der Waals surface area contributed by atoms with E-state index in [1.807, 2.05) is 6.92 Å². The molecule has 12 heavy (non-hydrogen) atoms. The van der Waals surface area contributed by atoms with E-state index in [2.05, 4.69) is 5.32 Å². The van der Waals surface area contributed by atoms with Crippen LogP contribution in [0.15, 0.2) is 0 Å². The first kappa shape index (κ1) is 9.48. The van der Waals surface area contributed by atoms with E-state index in [1.165, 1.54) is 0 Å². The summed E-state index contributed by atoms with van der Waals surface area (Å²) in [4.78, 5) is 10.8. The molecule has 0 bridgehead atoms. The summed E-state index contributed by atoms with van der Waals surface area (Å²) < 4.78 is 5.31. The molecule has 1 aliphatic rings. The van der Waals surface area contributed by atoms with Gasteiger partial charge in [-0.15, -0.1) is 0 Å². The molecular formula is C8H15NO3. The third-order valence-corrected chi connectivity index (χ3v) is 1.99. The van der Waals surface area contributed by atoms with Crippen LogP contribution in [0.3, 0.4) is 0 Å². The molecule has 0 aromatic rings. The lowest BCUT2D eigenvalue weighted by atomic mass is 10.0. The Kier molecular flexibility index (Phi) is 3.49. The maximum absolute atomic E-state index is 10.8. The van der Waals surface area contributed by atoms with Crippen LogP contribution in [0.4, 0.5) is 0 Å². The maximum Gasteiger partial charge on any atom is 0.245 e. The fourth-order valence-corrected chi connectivity index (χ4v) is 1.40. The van der Waals surface area contributed by atoms with Gasteiger partial charge >= 0.3 is 0 Å². The summed E-state index contributed by atoms with van der Waals surface area (Å²) >= 11 is 0. The minimum atomic E-state index is -0.425. The Bertz CT molecular complexity index is 160. The maximum atomic E-state index is 10.8. The number of nitrogens with one attached hydrogen (secondary N) is 1. The summed E-state index contributed by atoms with van der Waals surface area (Å²) in [5, 5.41) is 11.2. The quantitative estimate of drug-likeness (QED) is 0.600. The summed E-state index contributed by atoms with van der Waals surface area (Å²) in [5.41, 5.74) is 0. The van der Waals surface area contributed by atoms with Gasteiger partial charge in [-0.1, -0.05) is 0 Å². The SMILES string of the molecule is CC1CC(NC(=O)CO)CCO1. The highest BCUT2D eigenvalue weighted by atomic mass is 16.5. The Balaban J connectivity index is 2.27. The lowest BCUT2D eigenvalue weighted by Crippen LogP contribution is -2.42. The van der Waals surface area contributed by atoms with Gasteiger partial charge in [-0.05, 0) is 19.8 Å². The third kappa shape index (κ3) is 2.79. The van der Waals surface area contributed by atoms with Gasteiger partial charge in [0.15, 0.2) is 0 Å². The molecule has 1 heterocycles. The predicted molar refractivity (Wildman–Crippen MR) is 43.7 cm³/mol. The minimum Gasteiger partial charge on any atom is -0.387 e. The van der Waals surface area contributed by atoms with Gasteiger partial charge in [0.1, 0.15) is 6.61 Å². The van der Waals surface area contributed by atoms with Gasteiger partial charge in [0.25, 0.3) is 0 Å². The van der Waals surface area contributed by atoms with Crippen molar-refractivity contribution in [2.24, 2.45) is 0 Å². The molecule has 0 aromatic heterocycles. The Hall–Kier alpha value is -0.610. The van der Waals surface area contributed by atoms with Gasteiger partial charge < -0.3 is 15.2 Å². The van der Waals surface area contributed by atoms with Gasteiger partial charge in [-0.25, -0.2) is 0 Å². The van der Waals surface area contributed by atoms with Crippen molar-refractivity contribution in [1.82, 2.24) is 5.32 Å². The first-order valence-corrected chi connectivity index (χ1v) is 4.24. The van der Waals surface area contributed by atoms with Crippen LogP contribution in [0.5, 0.6) is 0 Å². The van der Waals surface area contributed by atoms with Crippen LogP contribution in [-0.2, 0) is 9.53 Å². The van der Waals surface area contributed by atoms with Crippen molar-refractivity contribution in [2.45, 2.75) is 31.9 Å². The number of ether oxygens (including phenoxy) is 1. The first-order chi connectivity index (χ1) is 5.72. The number of aliphatic hydroxyl groups is 1. The summed E-state index contributed by atoms with van der Waals surface area (Å²) in [5.74, 6) is -0.297. The molecular weight excluding hydrogens is 158 g/mol. The Labute approximate surface area is 71.9 Å². The topological polar surface area (TPSA) is 58.6 Å². The van der Waals surface area contributed by atoms with Crippen molar-refractivity contribution in [3.63, 3.8) is 0 Å². The number of rotatable bonds is 2. The average Bonchev–Trinajstić information content (AvgIpc) is 2.04. The fourth-order valence-electron chi connectivity index (χ4n) is 1.40. The molecule has 1 saturated heterocycles. The highest BCUT2D eigenvalue weighted by molar-refractivity contribution is 5.77. The van der Waals surface area contributed by atoms with E-state index < -0.39 is 6.61 Å². The van der Waals surface area contributed by atoms with Crippen LogP contribution in [0.1, 0.15) is 19.8 Å². The predicted octanol–water partition coefficient (Wildman–Crippen LogP) is -0.338. The number of aliphatic hydroxyl groups excluding tert-OH is 1.